The van der Waals surface area contributed by atoms with Gasteiger partial charge in [0.25, 0.3) is 5.91 Å². The van der Waals surface area contributed by atoms with Crippen molar-refractivity contribution in [2.24, 2.45) is 11.8 Å². The Balaban J connectivity index is 2.04. The average Bonchev–Trinajstić information content (AvgIpc) is 2.70. The van der Waals surface area contributed by atoms with E-state index in [9.17, 15) is 22.4 Å². The molecule has 168 valence electrons. The molecule has 3 unspecified atom stereocenters. The van der Waals surface area contributed by atoms with E-state index in [1.165, 1.54) is 0 Å². The minimum Gasteiger partial charge on any atom is -0.452 e. The number of nitrogens with one attached hydrogen (secondary N) is 1. The zero-order valence-electron chi connectivity index (χ0n) is 18.0. The maximum atomic E-state index is 14.2. The lowest BCUT2D eigenvalue weighted by atomic mass is 9.78. The Labute approximate surface area is 178 Å². The van der Waals surface area contributed by atoms with Gasteiger partial charge >= 0.3 is 5.97 Å². The van der Waals surface area contributed by atoms with Crippen molar-refractivity contribution in [3.8, 4) is 0 Å². The molecule has 0 aliphatic heterocycles. The quantitative estimate of drug-likeness (QED) is 0.625. The van der Waals surface area contributed by atoms with E-state index in [1.807, 2.05) is 0 Å². The fraction of sp³-hybridized carbons (Fsp3) is 0.619. The van der Waals surface area contributed by atoms with Crippen LogP contribution >= 0.6 is 0 Å². The van der Waals surface area contributed by atoms with Gasteiger partial charge in [0.1, 0.15) is 10.7 Å². The van der Waals surface area contributed by atoms with Crippen LogP contribution in [0.4, 0.5) is 4.39 Å². The SMILES string of the molecule is CCN(CC)S(=O)(=O)c1cc(C(=O)OCC(=O)NC2CCCC(C)C2C)ccc1F. The molecule has 1 aliphatic carbocycles. The monoisotopic (exact) mass is 442 g/mol. The first kappa shape index (κ1) is 24.3. The summed E-state index contributed by atoms with van der Waals surface area (Å²) in [6.07, 6.45) is 3.05. The topological polar surface area (TPSA) is 92.8 Å². The summed E-state index contributed by atoms with van der Waals surface area (Å²) >= 11 is 0. The van der Waals surface area contributed by atoms with E-state index in [0.29, 0.717) is 11.8 Å². The minimum absolute atomic E-state index is 0.0385. The van der Waals surface area contributed by atoms with Crippen molar-refractivity contribution in [1.29, 1.82) is 0 Å². The van der Waals surface area contributed by atoms with Gasteiger partial charge in [-0.25, -0.2) is 17.6 Å². The van der Waals surface area contributed by atoms with Crippen LogP contribution in [0.2, 0.25) is 0 Å². The highest BCUT2D eigenvalue weighted by Crippen LogP contribution is 2.29. The first-order chi connectivity index (χ1) is 14.1. The van der Waals surface area contributed by atoms with E-state index in [1.54, 1.807) is 13.8 Å². The maximum Gasteiger partial charge on any atom is 0.338 e. The van der Waals surface area contributed by atoms with E-state index in [2.05, 4.69) is 19.2 Å². The fourth-order valence-electron chi connectivity index (χ4n) is 3.78. The highest BCUT2D eigenvalue weighted by atomic mass is 32.2. The molecule has 0 bridgehead atoms. The number of hydrogen-bond donors (Lipinski definition) is 1. The number of carbonyl (C=O) groups is 2. The van der Waals surface area contributed by atoms with Crippen molar-refractivity contribution in [3.05, 3.63) is 29.6 Å². The van der Waals surface area contributed by atoms with Gasteiger partial charge in [0.15, 0.2) is 6.61 Å². The predicted octanol–water partition coefficient (Wildman–Crippen LogP) is 2.95. The lowest BCUT2D eigenvalue weighted by molar-refractivity contribution is -0.125. The van der Waals surface area contributed by atoms with E-state index in [0.717, 1.165) is 41.8 Å². The maximum absolute atomic E-state index is 14.2. The molecule has 0 spiro atoms. The van der Waals surface area contributed by atoms with Gasteiger partial charge in [0, 0.05) is 19.1 Å². The molecule has 0 saturated heterocycles. The molecule has 7 nitrogen and oxygen atoms in total. The van der Waals surface area contributed by atoms with E-state index in [-0.39, 0.29) is 24.7 Å². The van der Waals surface area contributed by atoms with Crippen LogP contribution in [0.15, 0.2) is 23.1 Å². The highest BCUT2D eigenvalue weighted by Gasteiger charge is 2.29. The van der Waals surface area contributed by atoms with Crippen LogP contribution in [0.3, 0.4) is 0 Å². The second-order valence-corrected chi connectivity index (χ2v) is 9.66. The third-order valence-corrected chi connectivity index (χ3v) is 7.94. The van der Waals surface area contributed by atoms with Crippen LogP contribution in [0.1, 0.15) is 57.3 Å². The van der Waals surface area contributed by atoms with Crippen LogP contribution in [0.5, 0.6) is 0 Å². The molecule has 1 N–H and O–H groups in total. The summed E-state index contributed by atoms with van der Waals surface area (Å²) in [5.74, 6) is -1.39. The molecule has 0 aromatic heterocycles. The van der Waals surface area contributed by atoms with Crippen LogP contribution in [-0.4, -0.2) is 50.3 Å². The van der Waals surface area contributed by atoms with E-state index in [4.69, 9.17) is 4.74 Å². The Hall–Kier alpha value is -2.00. The van der Waals surface area contributed by atoms with Gasteiger partial charge < -0.3 is 10.1 Å². The molecule has 1 saturated carbocycles. The molecule has 1 fully saturated rings. The Kier molecular flexibility index (Phi) is 8.37. The Bertz CT molecular complexity index is 870. The van der Waals surface area contributed by atoms with Crippen molar-refractivity contribution in [2.45, 2.75) is 57.9 Å². The number of nitrogens with zero attached hydrogens (tertiary/aromatic N) is 1. The Morgan fingerprint density at radius 2 is 1.87 bits per heavy atom. The molecule has 1 amide bonds. The summed E-state index contributed by atoms with van der Waals surface area (Å²) in [5.41, 5.74) is -0.130. The molecule has 2 rings (SSSR count). The molecular weight excluding hydrogens is 411 g/mol. The van der Waals surface area contributed by atoms with E-state index >= 15 is 0 Å². The van der Waals surface area contributed by atoms with Gasteiger partial charge in [-0.2, -0.15) is 4.31 Å². The third kappa shape index (κ3) is 5.57. The Morgan fingerprint density at radius 1 is 1.20 bits per heavy atom. The average molecular weight is 443 g/mol. The standard InChI is InChI=1S/C21H31FN2O5S/c1-5-24(6-2)30(27,28)19-12-16(10-11-17(19)22)21(26)29-13-20(25)23-18-9-7-8-14(3)15(18)4/h10-12,14-15,18H,5-9,13H2,1-4H3,(H,23,25). The fourth-order valence-corrected chi connectivity index (χ4v) is 5.33. The van der Waals surface area contributed by atoms with Crippen LogP contribution in [0, 0.1) is 17.7 Å². The number of hydrogen-bond acceptors (Lipinski definition) is 5. The summed E-state index contributed by atoms with van der Waals surface area (Å²) in [7, 11) is -4.08. The molecule has 0 radical (unpaired) electrons. The smallest absolute Gasteiger partial charge is 0.338 e. The number of ether oxygens (including phenoxy) is 1. The number of rotatable bonds is 8. The molecule has 3 atom stereocenters. The van der Waals surface area contributed by atoms with Gasteiger partial charge in [-0.1, -0.05) is 40.5 Å². The number of sulfonamides is 1. The molecule has 0 heterocycles. The summed E-state index contributed by atoms with van der Waals surface area (Å²) in [5, 5.41) is 2.90. The number of halogens is 1. The second-order valence-electron chi connectivity index (χ2n) is 7.75. The van der Waals surface area contributed by atoms with Gasteiger partial charge in [-0.05, 0) is 36.5 Å². The predicted molar refractivity (Wildman–Crippen MR) is 111 cm³/mol. The summed E-state index contributed by atoms with van der Waals surface area (Å²) in [6, 6.07) is 3.05. The van der Waals surface area contributed by atoms with Gasteiger partial charge in [0.05, 0.1) is 5.56 Å². The summed E-state index contributed by atoms with van der Waals surface area (Å²) in [6.45, 7) is 7.40. The molecule has 1 aliphatic rings. The van der Waals surface area contributed by atoms with Crippen LogP contribution < -0.4 is 5.32 Å². The largest absolute Gasteiger partial charge is 0.452 e. The second kappa shape index (κ2) is 10.3. The van der Waals surface area contributed by atoms with Crippen LogP contribution in [0.25, 0.3) is 0 Å². The Morgan fingerprint density at radius 3 is 2.50 bits per heavy atom. The molecular formula is C21H31FN2O5S. The molecule has 1 aromatic rings. The normalized spacial score (nSPS) is 22.0. The third-order valence-electron chi connectivity index (χ3n) is 5.88. The first-order valence-electron chi connectivity index (χ1n) is 10.4. The van der Waals surface area contributed by atoms with Gasteiger partial charge in [0.2, 0.25) is 10.0 Å². The summed E-state index contributed by atoms with van der Waals surface area (Å²) < 4.78 is 45.5. The van der Waals surface area contributed by atoms with Crippen LogP contribution in [-0.2, 0) is 19.6 Å². The summed E-state index contributed by atoms with van der Waals surface area (Å²) in [4.78, 5) is 23.9. The van der Waals surface area contributed by atoms with Crippen molar-refractivity contribution in [3.63, 3.8) is 0 Å². The van der Waals surface area contributed by atoms with Gasteiger partial charge in [-0.3, -0.25) is 4.79 Å². The van der Waals surface area contributed by atoms with Gasteiger partial charge in [-0.15, -0.1) is 0 Å². The lowest BCUT2D eigenvalue weighted by Gasteiger charge is -2.34. The van der Waals surface area contributed by atoms with Crippen molar-refractivity contribution in [2.75, 3.05) is 19.7 Å². The minimum atomic E-state index is -4.08. The zero-order valence-corrected chi connectivity index (χ0v) is 18.8. The molecule has 30 heavy (non-hydrogen) atoms. The van der Waals surface area contributed by atoms with Crippen molar-refractivity contribution in [1.82, 2.24) is 9.62 Å². The zero-order chi connectivity index (χ0) is 22.5. The first-order valence-corrected chi connectivity index (χ1v) is 11.8. The lowest BCUT2D eigenvalue weighted by Crippen LogP contribution is -2.45. The number of amides is 1. The number of esters is 1. The number of benzene rings is 1. The molecule has 1 aromatic carbocycles. The highest BCUT2D eigenvalue weighted by molar-refractivity contribution is 7.89. The molecule has 9 heteroatoms. The van der Waals surface area contributed by atoms with E-state index < -0.39 is 39.2 Å². The van der Waals surface area contributed by atoms with Crippen molar-refractivity contribution < 1.29 is 27.1 Å². The number of carbonyl (C=O) groups excluding carboxylic acids is 2. The van der Waals surface area contributed by atoms with Crippen molar-refractivity contribution >= 4 is 21.9 Å².